The lowest BCUT2D eigenvalue weighted by Gasteiger charge is -2.26. The summed E-state index contributed by atoms with van der Waals surface area (Å²) in [5, 5.41) is 15.9. The Kier molecular flexibility index (Phi) is 7.54. The SMILES string of the molecule is Cc1cc(C=NNc2ccc(S(=O)(=O)N3CCOCC3)cc2[N+](=O)[O-])c(C)n1-c1ccc(I)cc1. The number of nitro groups is 1. The fraction of sp³-hybridized carbons (Fsp3) is 0.261. The second kappa shape index (κ2) is 10.4. The van der Waals surface area contributed by atoms with Crippen molar-refractivity contribution in [2.24, 2.45) is 5.10 Å². The predicted octanol–water partition coefficient (Wildman–Crippen LogP) is 4.07. The molecule has 1 fully saturated rings. The normalized spacial score (nSPS) is 14.9. The van der Waals surface area contributed by atoms with Crippen molar-refractivity contribution in [2.75, 3.05) is 31.7 Å². The lowest BCUT2D eigenvalue weighted by atomic mass is 10.2. The summed E-state index contributed by atoms with van der Waals surface area (Å²) in [6.45, 7) is 4.97. The zero-order valence-electron chi connectivity index (χ0n) is 19.1. The summed E-state index contributed by atoms with van der Waals surface area (Å²) in [7, 11) is -3.86. The first kappa shape index (κ1) is 25.3. The molecule has 1 N–H and O–H groups in total. The molecule has 0 spiro atoms. The number of aryl methyl sites for hydroxylation is 1. The fourth-order valence-electron chi connectivity index (χ4n) is 3.93. The molecule has 4 rings (SSSR count). The molecule has 10 nitrogen and oxygen atoms in total. The number of benzene rings is 2. The molecule has 0 aliphatic carbocycles. The molecule has 0 atom stereocenters. The Bertz CT molecular complexity index is 1380. The standard InChI is InChI=1S/C23H24IN5O5S/c1-16-13-18(17(2)28(16)20-5-3-19(24)4-6-20)15-25-26-22-8-7-21(14-23(22)29(30)31)35(32,33)27-9-11-34-12-10-27/h3-8,13-15,26H,9-12H2,1-2H3. The third-order valence-electron chi connectivity index (χ3n) is 5.72. The molecule has 0 bridgehead atoms. The van der Waals surface area contributed by atoms with Crippen molar-refractivity contribution in [3.05, 3.63) is 79.2 Å². The van der Waals surface area contributed by atoms with E-state index in [4.69, 9.17) is 4.74 Å². The number of nitro benzene ring substituents is 1. The van der Waals surface area contributed by atoms with E-state index in [0.717, 1.165) is 32.3 Å². The van der Waals surface area contributed by atoms with Crippen LogP contribution in [0.15, 0.2) is 58.5 Å². The van der Waals surface area contributed by atoms with E-state index in [1.807, 2.05) is 44.2 Å². The van der Waals surface area contributed by atoms with Gasteiger partial charge < -0.3 is 9.30 Å². The van der Waals surface area contributed by atoms with Gasteiger partial charge in [0.25, 0.3) is 5.69 Å². The minimum Gasteiger partial charge on any atom is -0.379 e. The van der Waals surface area contributed by atoms with Gasteiger partial charge >= 0.3 is 0 Å². The Morgan fingerprint density at radius 2 is 1.80 bits per heavy atom. The number of nitrogens with zero attached hydrogens (tertiary/aromatic N) is 4. The van der Waals surface area contributed by atoms with Gasteiger partial charge in [0.05, 0.1) is 29.2 Å². The predicted molar refractivity (Wildman–Crippen MR) is 142 cm³/mol. The molecule has 2 aromatic carbocycles. The van der Waals surface area contributed by atoms with Crippen LogP contribution in [0.4, 0.5) is 11.4 Å². The molecule has 12 heteroatoms. The number of aromatic nitrogens is 1. The van der Waals surface area contributed by atoms with E-state index in [1.54, 1.807) is 6.21 Å². The summed E-state index contributed by atoms with van der Waals surface area (Å²) in [6, 6.07) is 13.9. The number of sulfonamides is 1. The highest BCUT2D eigenvalue weighted by atomic mass is 127. The van der Waals surface area contributed by atoms with Crippen molar-refractivity contribution in [1.29, 1.82) is 0 Å². The number of halogens is 1. The van der Waals surface area contributed by atoms with Gasteiger partial charge in [-0.25, -0.2) is 8.42 Å². The van der Waals surface area contributed by atoms with Gasteiger partial charge in [-0.2, -0.15) is 9.41 Å². The number of nitrogens with one attached hydrogen (secondary N) is 1. The third kappa shape index (κ3) is 5.39. The van der Waals surface area contributed by atoms with Crippen molar-refractivity contribution < 1.29 is 18.1 Å². The number of hydrogen-bond donors (Lipinski definition) is 1. The highest BCUT2D eigenvalue weighted by molar-refractivity contribution is 14.1. The van der Waals surface area contributed by atoms with E-state index in [-0.39, 0.29) is 29.4 Å². The first-order valence-electron chi connectivity index (χ1n) is 10.8. The van der Waals surface area contributed by atoms with Gasteiger partial charge in [-0.3, -0.25) is 15.5 Å². The summed E-state index contributed by atoms with van der Waals surface area (Å²) >= 11 is 2.26. The van der Waals surface area contributed by atoms with Crippen LogP contribution in [0.1, 0.15) is 17.0 Å². The van der Waals surface area contributed by atoms with Crippen LogP contribution in [0, 0.1) is 27.5 Å². The van der Waals surface area contributed by atoms with E-state index in [1.165, 1.54) is 16.4 Å². The van der Waals surface area contributed by atoms with E-state index < -0.39 is 14.9 Å². The second-order valence-corrected chi connectivity index (χ2v) is 11.1. The molecule has 1 aromatic heterocycles. The van der Waals surface area contributed by atoms with Crippen LogP contribution in [0.25, 0.3) is 5.69 Å². The Balaban J connectivity index is 1.57. The number of morpholine rings is 1. The summed E-state index contributed by atoms with van der Waals surface area (Å²) in [5.41, 5.74) is 6.28. The van der Waals surface area contributed by atoms with Crippen molar-refractivity contribution in [1.82, 2.24) is 8.87 Å². The zero-order chi connectivity index (χ0) is 25.2. The highest BCUT2D eigenvalue weighted by Crippen LogP contribution is 2.29. The average molecular weight is 609 g/mol. The van der Waals surface area contributed by atoms with Crippen LogP contribution in [-0.2, 0) is 14.8 Å². The van der Waals surface area contributed by atoms with Gasteiger partial charge in [0.2, 0.25) is 10.0 Å². The molecule has 0 amide bonds. The fourth-order valence-corrected chi connectivity index (χ4v) is 5.72. The molecule has 1 aliphatic rings. The van der Waals surface area contributed by atoms with Crippen LogP contribution in [0.3, 0.4) is 0 Å². The van der Waals surface area contributed by atoms with Gasteiger partial charge in [-0.15, -0.1) is 0 Å². The Morgan fingerprint density at radius 3 is 2.46 bits per heavy atom. The molecular weight excluding hydrogens is 585 g/mol. The monoisotopic (exact) mass is 609 g/mol. The average Bonchev–Trinajstić information content (AvgIpc) is 3.13. The molecule has 1 saturated heterocycles. The number of hydrazone groups is 1. The highest BCUT2D eigenvalue weighted by Gasteiger charge is 2.28. The van der Waals surface area contributed by atoms with E-state index in [9.17, 15) is 18.5 Å². The largest absolute Gasteiger partial charge is 0.379 e. The number of rotatable bonds is 7. The Labute approximate surface area is 216 Å². The third-order valence-corrected chi connectivity index (χ3v) is 8.33. The van der Waals surface area contributed by atoms with Crippen molar-refractivity contribution in [3.63, 3.8) is 0 Å². The summed E-state index contributed by atoms with van der Waals surface area (Å²) in [4.78, 5) is 10.9. The maximum atomic E-state index is 12.9. The quantitative estimate of drug-likeness (QED) is 0.187. The minimum atomic E-state index is -3.86. The Morgan fingerprint density at radius 1 is 1.11 bits per heavy atom. The van der Waals surface area contributed by atoms with Gasteiger partial charge in [-0.05, 0) is 78.9 Å². The van der Waals surface area contributed by atoms with Gasteiger partial charge in [-0.1, -0.05) is 0 Å². The van der Waals surface area contributed by atoms with E-state index in [2.05, 4.69) is 37.7 Å². The second-order valence-electron chi connectivity index (χ2n) is 7.96. The van der Waals surface area contributed by atoms with Crippen molar-refractivity contribution >= 4 is 50.2 Å². The van der Waals surface area contributed by atoms with E-state index in [0.29, 0.717) is 13.2 Å². The molecule has 0 radical (unpaired) electrons. The van der Waals surface area contributed by atoms with Crippen molar-refractivity contribution in [2.45, 2.75) is 18.7 Å². The van der Waals surface area contributed by atoms with Gasteiger partial charge in [0, 0.05) is 45.4 Å². The van der Waals surface area contributed by atoms with Gasteiger partial charge in [0.1, 0.15) is 5.69 Å². The van der Waals surface area contributed by atoms with Crippen LogP contribution in [-0.4, -0.2) is 54.7 Å². The van der Waals surface area contributed by atoms with Crippen LogP contribution < -0.4 is 5.43 Å². The molecule has 184 valence electrons. The summed E-state index contributed by atoms with van der Waals surface area (Å²) in [6.07, 6.45) is 1.59. The maximum Gasteiger partial charge on any atom is 0.295 e. The minimum absolute atomic E-state index is 0.0959. The van der Waals surface area contributed by atoms with Crippen molar-refractivity contribution in [3.8, 4) is 5.69 Å². The first-order valence-corrected chi connectivity index (χ1v) is 13.3. The lowest BCUT2D eigenvalue weighted by Crippen LogP contribution is -2.40. The molecule has 35 heavy (non-hydrogen) atoms. The number of anilines is 1. The zero-order valence-corrected chi connectivity index (χ0v) is 22.1. The smallest absolute Gasteiger partial charge is 0.295 e. The molecule has 1 aliphatic heterocycles. The maximum absolute atomic E-state index is 12.9. The number of hydrogen-bond acceptors (Lipinski definition) is 7. The lowest BCUT2D eigenvalue weighted by molar-refractivity contribution is -0.384. The molecule has 0 unspecified atom stereocenters. The molecular formula is C23H24IN5O5S. The van der Waals surface area contributed by atoms with Crippen LogP contribution >= 0.6 is 22.6 Å². The first-order chi connectivity index (χ1) is 16.7. The van der Waals surface area contributed by atoms with E-state index >= 15 is 0 Å². The van der Waals surface area contributed by atoms with Gasteiger partial charge in [0.15, 0.2) is 0 Å². The molecule has 3 aromatic rings. The summed E-state index contributed by atoms with van der Waals surface area (Å²) in [5.74, 6) is 0. The topological polar surface area (TPSA) is 119 Å². The Hall–Kier alpha value is -2.81. The molecule has 0 saturated carbocycles. The number of ether oxygens (including phenoxy) is 1. The van der Waals surface area contributed by atoms with Crippen LogP contribution in [0.2, 0.25) is 0 Å². The molecule has 2 heterocycles. The summed E-state index contributed by atoms with van der Waals surface area (Å²) < 4.78 is 35.5. The van der Waals surface area contributed by atoms with Crippen LogP contribution in [0.5, 0.6) is 0 Å².